The molecule has 6 heteroatoms. The third-order valence-electron chi connectivity index (χ3n) is 2.12. The molecule has 2 rings (SSSR count). The van der Waals surface area contributed by atoms with E-state index in [1.807, 2.05) is 0 Å². The maximum Gasteiger partial charge on any atom is 0.266 e. The second-order valence-corrected chi connectivity index (χ2v) is 3.73. The summed E-state index contributed by atoms with van der Waals surface area (Å²) in [6.07, 6.45) is 2.84. The number of halogens is 1. The number of hydrogen-bond acceptors (Lipinski definition) is 3. The van der Waals surface area contributed by atoms with E-state index in [1.54, 1.807) is 12.1 Å². The highest BCUT2D eigenvalue weighted by atomic mass is 35.5. The van der Waals surface area contributed by atoms with Gasteiger partial charge < -0.3 is 14.7 Å². The SMILES string of the molecule is O=C(NCc1ccco1)c1c[nH]c(=O)c(Cl)c1. The molecular formula is C11H9ClN2O3. The Morgan fingerprint density at radius 3 is 3.00 bits per heavy atom. The predicted octanol–water partition coefficient (Wildman–Crippen LogP) is 1.55. The van der Waals surface area contributed by atoms with Crippen LogP contribution in [0.3, 0.4) is 0 Å². The smallest absolute Gasteiger partial charge is 0.266 e. The molecule has 0 spiro atoms. The molecule has 0 unspecified atom stereocenters. The summed E-state index contributed by atoms with van der Waals surface area (Å²) in [6.45, 7) is 0.280. The molecule has 0 fully saturated rings. The number of carbonyl (C=O) groups excluding carboxylic acids is 1. The largest absolute Gasteiger partial charge is 0.467 e. The summed E-state index contributed by atoms with van der Waals surface area (Å²) >= 11 is 5.62. The zero-order valence-corrected chi connectivity index (χ0v) is 9.45. The molecule has 0 atom stereocenters. The fraction of sp³-hybridized carbons (Fsp3) is 0.0909. The van der Waals surface area contributed by atoms with Crippen molar-refractivity contribution in [3.8, 4) is 0 Å². The van der Waals surface area contributed by atoms with Gasteiger partial charge in [0.1, 0.15) is 10.8 Å². The van der Waals surface area contributed by atoms with Crippen molar-refractivity contribution in [3.05, 3.63) is 57.4 Å². The van der Waals surface area contributed by atoms with E-state index >= 15 is 0 Å². The van der Waals surface area contributed by atoms with Gasteiger partial charge in [0.2, 0.25) is 0 Å². The van der Waals surface area contributed by atoms with E-state index in [-0.39, 0.29) is 17.5 Å². The number of amides is 1. The van der Waals surface area contributed by atoms with E-state index in [4.69, 9.17) is 16.0 Å². The fourth-order valence-electron chi connectivity index (χ4n) is 1.27. The van der Waals surface area contributed by atoms with Gasteiger partial charge in [-0.3, -0.25) is 9.59 Å². The summed E-state index contributed by atoms with van der Waals surface area (Å²) in [7, 11) is 0. The quantitative estimate of drug-likeness (QED) is 0.870. The standard InChI is InChI=1S/C11H9ClN2O3/c12-9-4-7(5-13-11(9)16)10(15)14-6-8-2-1-3-17-8/h1-5H,6H2,(H,13,16)(H,14,15). The molecule has 0 aliphatic rings. The molecule has 0 bridgehead atoms. The number of aromatic nitrogens is 1. The maximum absolute atomic E-state index is 11.7. The van der Waals surface area contributed by atoms with Gasteiger partial charge in [-0.1, -0.05) is 11.6 Å². The average molecular weight is 253 g/mol. The second-order valence-electron chi connectivity index (χ2n) is 3.33. The fourth-order valence-corrected chi connectivity index (χ4v) is 1.44. The summed E-state index contributed by atoms with van der Waals surface area (Å²) < 4.78 is 5.06. The molecule has 2 aromatic heterocycles. The van der Waals surface area contributed by atoms with Crippen LogP contribution in [0.4, 0.5) is 0 Å². The zero-order valence-electron chi connectivity index (χ0n) is 8.70. The number of carbonyl (C=O) groups is 1. The molecule has 17 heavy (non-hydrogen) atoms. The molecule has 2 aromatic rings. The van der Waals surface area contributed by atoms with Crippen LogP contribution in [0.1, 0.15) is 16.1 Å². The number of hydrogen-bond donors (Lipinski definition) is 2. The van der Waals surface area contributed by atoms with Crippen molar-refractivity contribution in [2.45, 2.75) is 6.54 Å². The van der Waals surface area contributed by atoms with Crippen LogP contribution in [-0.4, -0.2) is 10.9 Å². The average Bonchev–Trinajstić information content (AvgIpc) is 2.82. The summed E-state index contributed by atoms with van der Waals surface area (Å²) in [5, 5.41) is 2.62. The minimum absolute atomic E-state index is 0.0179. The lowest BCUT2D eigenvalue weighted by Gasteiger charge is -2.03. The highest BCUT2D eigenvalue weighted by Crippen LogP contribution is 2.05. The van der Waals surface area contributed by atoms with E-state index in [2.05, 4.69) is 10.3 Å². The molecule has 0 saturated carbocycles. The molecule has 0 radical (unpaired) electrons. The van der Waals surface area contributed by atoms with Gasteiger partial charge in [0.05, 0.1) is 18.4 Å². The lowest BCUT2D eigenvalue weighted by atomic mass is 10.2. The maximum atomic E-state index is 11.7. The van der Waals surface area contributed by atoms with Crippen molar-refractivity contribution in [1.29, 1.82) is 0 Å². The van der Waals surface area contributed by atoms with Crippen LogP contribution in [0.2, 0.25) is 5.02 Å². The van der Waals surface area contributed by atoms with E-state index in [1.165, 1.54) is 18.5 Å². The number of rotatable bonds is 3. The minimum Gasteiger partial charge on any atom is -0.467 e. The minimum atomic E-state index is -0.422. The molecule has 0 aliphatic carbocycles. The topological polar surface area (TPSA) is 75.1 Å². The van der Waals surface area contributed by atoms with E-state index in [0.29, 0.717) is 11.3 Å². The first kappa shape index (κ1) is 11.5. The first-order valence-electron chi connectivity index (χ1n) is 4.85. The highest BCUT2D eigenvalue weighted by Gasteiger charge is 2.08. The summed E-state index contributed by atoms with van der Waals surface area (Å²) in [6, 6.07) is 4.80. The van der Waals surface area contributed by atoms with Gasteiger partial charge in [-0.2, -0.15) is 0 Å². The number of H-pyrrole nitrogens is 1. The normalized spacial score (nSPS) is 10.2. The number of furan rings is 1. The highest BCUT2D eigenvalue weighted by molar-refractivity contribution is 6.30. The van der Waals surface area contributed by atoms with Gasteiger partial charge in [-0.05, 0) is 18.2 Å². The van der Waals surface area contributed by atoms with Crippen molar-refractivity contribution in [2.75, 3.05) is 0 Å². The van der Waals surface area contributed by atoms with Crippen LogP contribution in [0.15, 0.2) is 39.9 Å². The molecule has 0 aliphatic heterocycles. The lowest BCUT2D eigenvalue weighted by Crippen LogP contribution is -2.23. The van der Waals surface area contributed by atoms with Crippen molar-refractivity contribution in [2.24, 2.45) is 0 Å². The van der Waals surface area contributed by atoms with Gasteiger partial charge in [0, 0.05) is 6.20 Å². The van der Waals surface area contributed by atoms with Gasteiger partial charge in [0.25, 0.3) is 11.5 Å². The van der Waals surface area contributed by atoms with Crippen molar-refractivity contribution >= 4 is 17.5 Å². The van der Waals surface area contributed by atoms with Crippen LogP contribution in [0.25, 0.3) is 0 Å². The first-order valence-corrected chi connectivity index (χ1v) is 5.23. The lowest BCUT2D eigenvalue weighted by molar-refractivity contribution is 0.0947. The number of pyridine rings is 1. The number of nitrogens with one attached hydrogen (secondary N) is 2. The monoisotopic (exact) mass is 252 g/mol. The molecule has 2 heterocycles. The van der Waals surface area contributed by atoms with Gasteiger partial charge in [0.15, 0.2) is 0 Å². The molecule has 2 N–H and O–H groups in total. The van der Waals surface area contributed by atoms with Crippen LogP contribution < -0.4 is 10.9 Å². The molecule has 0 aromatic carbocycles. The van der Waals surface area contributed by atoms with E-state index < -0.39 is 5.56 Å². The predicted molar refractivity (Wildman–Crippen MR) is 62.0 cm³/mol. The Hall–Kier alpha value is -2.01. The third kappa shape index (κ3) is 2.76. The Balaban J connectivity index is 2.04. The zero-order chi connectivity index (χ0) is 12.3. The van der Waals surface area contributed by atoms with Gasteiger partial charge in [-0.25, -0.2) is 0 Å². The van der Waals surface area contributed by atoms with E-state index in [0.717, 1.165) is 0 Å². The Labute approximate surface area is 101 Å². The van der Waals surface area contributed by atoms with Crippen molar-refractivity contribution in [3.63, 3.8) is 0 Å². The van der Waals surface area contributed by atoms with Crippen LogP contribution >= 0.6 is 11.6 Å². The molecular weight excluding hydrogens is 244 g/mol. The van der Waals surface area contributed by atoms with Crippen molar-refractivity contribution < 1.29 is 9.21 Å². The second kappa shape index (κ2) is 4.88. The Morgan fingerprint density at radius 1 is 1.53 bits per heavy atom. The Kier molecular flexibility index (Phi) is 3.30. The summed E-state index contributed by atoms with van der Waals surface area (Å²) in [4.78, 5) is 25.0. The van der Waals surface area contributed by atoms with Gasteiger partial charge >= 0.3 is 0 Å². The van der Waals surface area contributed by atoms with Gasteiger partial charge in [-0.15, -0.1) is 0 Å². The van der Waals surface area contributed by atoms with Crippen LogP contribution in [0, 0.1) is 0 Å². The summed E-state index contributed by atoms with van der Waals surface area (Å²) in [5.74, 6) is 0.313. The number of aromatic amines is 1. The Morgan fingerprint density at radius 2 is 2.35 bits per heavy atom. The molecule has 0 saturated heterocycles. The molecule has 5 nitrogen and oxygen atoms in total. The van der Waals surface area contributed by atoms with Crippen molar-refractivity contribution in [1.82, 2.24) is 10.3 Å². The third-order valence-corrected chi connectivity index (χ3v) is 2.40. The summed E-state index contributed by atoms with van der Waals surface area (Å²) in [5.41, 5.74) is -0.129. The first-order chi connectivity index (χ1) is 8.16. The van der Waals surface area contributed by atoms with E-state index in [9.17, 15) is 9.59 Å². The molecule has 1 amide bonds. The van der Waals surface area contributed by atoms with Crippen LogP contribution in [0.5, 0.6) is 0 Å². The molecule has 88 valence electrons. The Bertz CT molecular complexity index is 575. The van der Waals surface area contributed by atoms with Crippen LogP contribution in [-0.2, 0) is 6.54 Å².